The van der Waals surface area contributed by atoms with Crippen LogP contribution in [0.4, 0.5) is 0 Å². The molecule has 0 spiro atoms. The molecule has 70 valence electrons. The molecule has 0 rings (SSSR count). The summed E-state index contributed by atoms with van der Waals surface area (Å²) in [5.41, 5.74) is 0. The summed E-state index contributed by atoms with van der Waals surface area (Å²) < 4.78 is 0. The zero-order valence-electron chi connectivity index (χ0n) is 7.19. The second-order valence-electron chi connectivity index (χ2n) is 2.41. The van der Waals surface area contributed by atoms with Crippen molar-refractivity contribution in [3.05, 3.63) is 0 Å². The second kappa shape index (κ2) is 5.88. The molecule has 0 radical (unpaired) electrons. The molecule has 0 aromatic rings. The zero-order valence-corrected chi connectivity index (χ0v) is 8.00. The van der Waals surface area contributed by atoms with Gasteiger partial charge in [0, 0.05) is 7.05 Å². The number of carbonyl (C=O) groups excluding carboxylic acids is 1. The number of carboxylic acids is 1. The SMILES string of the molecule is CSCC[C@@H](C(=O)O)N(C)C=O. The fourth-order valence-corrected chi connectivity index (χ4v) is 1.26. The number of amides is 1. The van der Waals surface area contributed by atoms with Gasteiger partial charge < -0.3 is 10.0 Å². The third kappa shape index (κ3) is 3.61. The van der Waals surface area contributed by atoms with Crippen LogP contribution in [0.3, 0.4) is 0 Å². The average molecular weight is 191 g/mol. The maximum Gasteiger partial charge on any atom is 0.326 e. The van der Waals surface area contributed by atoms with Gasteiger partial charge in [0.05, 0.1) is 0 Å². The quantitative estimate of drug-likeness (QED) is 0.613. The normalized spacial score (nSPS) is 12.2. The molecule has 1 amide bonds. The van der Waals surface area contributed by atoms with Crippen LogP contribution in [0.1, 0.15) is 6.42 Å². The first-order valence-corrected chi connectivity index (χ1v) is 4.91. The molecule has 0 heterocycles. The molecule has 0 bridgehead atoms. The molecule has 0 aliphatic heterocycles. The molecular weight excluding hydrogens is 178 g/mol. The van der Waals surface area contributed by atoms with E-state index in [1.165, 1.54) is 11.9 Å². The molecule has 4 nitrogen and oxygen atoms in total. The van der Waals surface area contributed by atoms with Gasteiger partial charge in [-0.3, -0.25) is 4.79 Å². The Kier molecular flexibility index (Phi) is 5.53. The summed E-state index contributed by atoms with van der Waals surface area (Å²) in [6.45, 7) is 0. The minimum absolute atomic E-state index is 0.492. The highest BCUT2D eigenvalue weighted by Crippen LogP contribution is 2.05. The van der Waals surface area contributed by atoms with Crippen LogP contribution in [0.25, 0.3) is 0 Å². The monoisotopic (exact) mass is 191 g/mol. The van der Waals surface area contributed by atoms with Crippen molar-refractivity contribution in [1.29, 1.82) is 0 Å². The van der Waals surface area contributed by atoms with Crippen LogP contribution < -0.4 is 0 Å². The summed E-state index contributed by atoms with van der Waals surface area (Å²) in [6, 6.07) is -0.685. The number of nitrogens with zero attached hydrogens (tertiary/aromatic N) is 1. The summed E-state index contributed by atoms with van der Waals surface area (Å²) in [4.78, 5) is 22.0. The van der Waals surface area contributed by atoms with Gasteiger partial charge in [0.15, 0.2) is 0 Å². The number of hydrogen-bond donors (Lipinski definition) is 1. The Labute approximate surface area is 75.9 Å². The smallest absolute Gasteiger partial charge is 0.326 e. The molecule has 1 N–H and O–H groups in total. The van der Waals surface area contributed by atoms with E-state index in [2.05, 4.69) is 0 Å². The highest BCUT2D eigenvalue weighted by atomic mass is 32.2. The van der Waals surface area contributed by atoms with Crippen molar-refractivity contribution in [2.75, 3.05) is 19.1 Å². The molecule has 12 heavy (non-hydrogen) atoms. The minimum atomic E-state index is -0.946. The Bertz CT molecular complexity index is 163. The summed E-state index contributed by atoms with van der Waals surface area (Å²) in [7, 11) is 1.48. The fourth-order valence-electron chi connectivity index (χ4n) is 0.804. The molecule has 0 fully saturated rings. The molecule has 0 aliphatic rings. The van der Waals surface area contributed by atoms with Crippen molar-refractivity contribution < 1.29 is 14.7 Å². The van der Waals surface area contributed by atoms with Crippen molar-refractivity contribution in [2.45, 2.75) is 12.5 Å². The summed E-state index contributed by atoms with van der Waals surface area (Å²) in [5.74, 6) is -0.201. The van der Waals surface area contributed by atoms with Gasteiger partial charge in [-0.2, -0.15) is 11.8 Å². The lowest BCUT2D eigenvalue weighted by Crippen LogP contribution is -2.37. The van der Waals surface area contributed by atoms with Crippen molar-refractivity contribution in [3.63, 3.8) is 0 Å². The Morgan fingerprint density at radius 1 is 1.75 bits per heavy atom. The largest absolute Gasteiger partial charge is 0.480 e. The van der Waals surface area contributed by atoms with Gasteiger partial charge in [-0.05, 0) is 18.4 Å². The molecule has 0 saturated carbocycles. The van der Waals surface area contributed by atoms with Gasteiger partial charge in [-0.25, -0.2) is 4.79 Å². The predicted octanol–water partition coefficient (Wildman–Crippen LogP) is 0.281. The highest BCUT2D eigenvalue weighted by molar-refractivity contribution is 7.98. The van der Waals surface area contributed by atoms with E-state index in [1.54, 1.807) is 11.8 Å². The van der Waals surface area contributed by atoms with E-state index in [4.69, 9.17) is 5.11 Å². The van der Waals surface area contributed by atoms with Crippen molar-refractivity contribution in [1.82, 2.24) is 4.90 Å². The Hall–Kier alpha value is -0.710. The van der Waals surface area contributed by atoms with Crippen LogP contribution in [-0.2, 0) is 9.59 Å². The summed E-state index contributed by atoms with van der Waals surface area (Å²) >= 11 is 1.57. The number of rotatable bonds is 6. The van der Waals surface area contributed by atoms with Crippen molar-refractivity contribution >= 4 is 24.1 Å². The maximum absolute atomic E-state index is 10.6. The Morgan fingerprint density at radius 2 is 2.33 bits per heavy atom. The molecule has 1 atom stereocenters. The standard InChI is InChI=1S/C7H13NO3S/c1-8(5-9)6(7(10)11)3-4-12-2/h5-6H,3-4H2,1-2H3,(H,10,11)/t6-/m0/s1. The van der Waals surface area contributed by atoms with E-state index in [1.807, 2.05) is 6.26 Å². The predicted molar refractivity (Wildman–Crippen MR) is 48.2 cm³/mol. The van der Waals surface area contributed by atoms with E-state index in [0.717, 1.165) is 5.75 Å². The third-order valence-electron chi connectivity index (χ3n) is 1.54. The third-order valence-corrected chi connectivity index (χ3v) is 2.18. The van der Waals surface area contributed by atoms with E-state index in [9.17, 15) is 9.59 Å². The van der Waals surface area contributed by atoms with Crippen LogP contribution >= 0.6 is 11.8 Å². The Morgan fingerprint density at radius 3 is 2.67 bits per heavy atom. The van der Waals surface area contributed by atoms with E-state index < -0.39 is 12.0 Å². The van der Waals surface area contributed by atoms with E-state index >= 15 is 0 Å². The number of likely N-dealkylation sites (N-methyl/N-ethyl adjacent to an activating group) is 1. The van der Waals surface area contributed by atoms with Gasteiger partial charge >= 0.3 is 5.97 Å². The lowest BCUT2D eigenvalue weighted by Gasteiger charge is -2.19. The minimum Gasteiger partial charge on any atom is -0.480 e. The molecule has 5 heteroatoms. The fraction of sp³-hybridized carbons (Fsp3) is 0.714. The first-order chi connectivity index (χ1) is 5.63. The Balaban J connectivity index is 4.03. The summed E-state index contributed by atoms with van der Waals surface area (Å²) in [6.07, 6.45) is 2.94. The van der Waals surface area contributed by atoms with Gasteiger partial charge in [0.2, 0.25) is 6.41 Å². The van der Waals surface area contributed by atoms with Gasteiger partial charge in [-0.15, -0.1) is 0 Å². The van der Waals surface area contributed by atoms with Crippen LogP contribution in [0, 0.1) is 0 Å². The number of aliphatic carboxylic acids is 1. The topological polar surface area (TPSA) is 57.6 Å². The number of carbonyl (C=O) groups is 2. The number of carboxylic acid groups (broad SMARTS) is 1. The van der Waals surface area contributed by atoms with Gasteiger partial charge in [0.25, 0.3) is 0 Å². The first-order valence-electron chi connectivity index (χ1n) is 3.52. The molecule has 0 aromatic heterocycles. The van der Waals surface area contributed by atoms with E-state index in [-0.39, 0.29) is 0 Å². The van der Waals surface area contributed by atoms with Crippen LogP contribution in [0.2, 0.25) is 0 Å². The molecular formula is C7H13NO3S. The second-order valence-corrected chi connectivity index (χ2v) is 3.39. The van der Waals surface area contributed by atoms with Crippen LogP contribution in [0.15, 0.2) is 0 Å². The highest BCUT2D eigenvalue weighted by Gasteiger charge is 2.20. The molecule has 0 saturated heterocycles. The maximum atomic E-state index is 10.6. The molecule has 0 aliphatic carbocycles. The number of thioether (sulfide) groups is 1. The average Bonchev–Trinajstić information content (AvgIpc) is 2.04. The number of hydrogen-bond acceptors (Lipinski definition) is 3. The van der Waals surface area contributed by atoms with E-state index in [0.29, 0.717) is 12.8 Å². The zero-order chi connectivity index (χ0) is 9.56. The summed E-state index contributed by atoms with van der Waals surface area (Å²) in [5, 5.41) is 8.69. The first kappa shape index (κ1) is 11.3. The molecule has 0 aromatic carbocycles. The van der Waals surface area contributed by atoms with Gasteiger partial charge in [-0.1, -0.05) is 0 Å². The lowest BCUT2D eigenvalue weighted by molar-refractivity contribution is -0.145. The van der Waals surface area contributed by atoms with Crippen LogP contribution in [-0.4, -0.2) is 47.5 Å². The van der Waals surface area contributed by atoms with Crippen LogP contribution in [0.5, 0.6) is 0 Å². The lowest BCUT2D eigenvalue weighted by atomic mass is 10.2. The van der Waals surface area contributed by atoms with Gasteiger partial charge in [0.1, 0.15) is 6.04 Å². The molecule has 0 unspecified atom stereocenters. The van der Waals surface area contributed by atoms with Crippen molar-refractivity contribution in [2.24, 2.45) is 0 Å². The van der Waals surface area contributed by atoms with Crippen molar-refractivity contribution in [3.8, 4) is 0 Å².